The minimum atomic E-state index is -0.00536. The van der Waals surface area contributed by atoms with E-state index in [4.69, 9.17) is 0 Å². The number of hydrogen-bond donors (Lipinski definition) is 1. The molecule has 1 aliphatic heterocycles. The molecule has 0 radical (unpaired) electrons. The number of nitrogens with one attached hydrogen (secondary N) is 1. The Labute approximate surface area is 305 Å². The lowest BCUT2D eigenvalue weighted by Crippen LogP contribution is -2.39. The average molecular weight is 671 g/mol. The van der Waals surface area contributed by atoms with Crippen LogP contribution in [-0.4, -0.2) is 16.8 Å². The highest BCUT2D eigenvalue weighted by molar-refractivity contribution is 6.73. The first-order valence-corrected chi connectivity index (χ1v) is 19.0. The summed E-state index contributed by atoms with van der Waals surface area (Å²) in [7, 11) is 0.908. The van der Waals surface area contributed by atoms with Crippen molar-refractivity contribution in [3.8, 4) is 16.8 Å². The molecule has 2 nitrogen and oxygen atoms in total. The molecule has 1 aliphatic rings. The fraction of sp³-hybridized carbons (Fsp3) is 0.375. The molecule has 0 amide bonds. The van der Waals surface area contributed by atoms with Gasteiger partial charge in [-0.1, -0.05) is 113 Å². The van der Waals surface area contributed by atoms with Gasteiger partial charge in [0.05, 0.1) is 11.0 Å². The Hall–Kier alpha value is -4.24. The fourth-order valence-corrected chi connectivity index (χ4v) is 8.70. The number of aromatic nitrogens is 2. The predicted octanol–water partition coefficient (Wildman–Crippen LogP) is 11.6. The standard InChI is InChI=1S/C48H55BN2/c1-26-19-27(2)43-41(40(26)36-24-30(47(9,10)11)22-34-32-20-28(45(3,4)5)15-17-38(32)50-42(34)36)49-37-25-31(48(12,13)14)23-35-33-21-29(46(6,7)8)16-18-39(33)51(43)44(35)37/h15-25,49-50H,1-14H3. The summed E-state index contributed by atoms with van der Waals surface area (Å²) in [4.78, 5) is 3.96. The van der Waals surface area contributed by atoms with E-state index in [1.54, 1.807) is 0 Å². The molecule has 0 bridgehead atoms. The lowest BCUT2D eigenvalue weighted by molar-refractivity contribution is 0.590. The third kappa shape index (κ3) is 5.21. The Bertz CT molecular complexity index is 2590. The molecule has 7 aromatic rings. The third-order valence-corrected chi connectivity index (χ3v) is 11.8. The molecule has 260 valence electrons. The topological polar surface area (TPSA) is 20.7 Å². The van der Waals surface area contributed by atoms with Gasteiger partial charge in [-0.25, -0.2) is 0 Å². The summed E-state index contributed by atoms with van der Waals surface area (Å²) in [6.07, 6.45) is 0. The van der Waals surface area contributed by atoms with Crippen molar-refractivity contribution in [3.63, 3.8) is 0 Å². The van der Waals surface area contributed by atoms with Crippen LogP contribution in [-0.2, 0) is 21.7 Å². The van der Waals surface area contributed by atoms with Crippen molar-refractivity contribution in [2.24, 2.45) is 0 Å². The van der Waals surface area contributed by atoms with Crippen LogP contribution in [0.3, 0.4) is 0 Å². The maximum atomic E-state index is 3.96. The molecule has 51 heavy (non-hydrogen) atoms. The highest BCUT2D eigenvalue weighted by Gasteiger charge is 2.32. The fourth-order valence-electron chi connectivity index (χ4n) is 8.70. The van der Waals surface area contributed by atoms with E-state index >= 15 is 0 Å². The molecular formula is C48H55BN2. The Morgan fingerprint density at radius 2 is 1.08 bits per heavy atom. The highest BCUT2D eigenvalue weighted by atomic mass is 15.0. The van der Waals surface area contributed by atoms with Gasteiger partial charge in [0.15, 0.2) is 7.28 Å². The Morgan fingerprint density at radius 3 is 1.71 bits per heavy atom. The predicted molar refractivity (Wildman–Crippen MR) is 226 cm³/mol. The number of aryl methyl sites for hydroxylation is 2. The van der Waals surface area contributed by atoms with E-state index in [1.165, 1.54) is 105 Å². The zero-order valence-corrected chi connectivity index (χ0v) is 33.5. The summed E-state index contributed by atoms with van der Waals surface area (Å²) in [6.45, 7) is 32.7. The second-order valence-corrected chi connectivity index (χ2v) is 19.8. The molecule has 0 aliphatic carbocycles. The van der Waals surface area contributed by atoms with Crippen LogP contribution in [0, 0.1) is 13.8 Å². The number of H-pyrrole nitrogens is 1. The minimum absolute atomic E-state index is 0.00536. The SMILES string of the molecule is Cc1cc(C)c2c(c1-c1cc(C(C)(C)C)cc3c1[nH]c1ccc(C(C)(C)C)cc13)Bc1cc(C(C)(C)C)cc3c4cc(C(C)(C)C)ccc4n-2c13. The molecule has 2 aromatic heterocycles. The molecule has 1 N–H and O–H groups in total. The van der Waals surface area contributed by atoms with Crippen molar-refractivity contribution in [2.45, 2.75) is 119 Å². The molecule has 0 fully saturated rings. The summed E-state index contributed by atoms with van der Waals surface area (Å²) in [5, 5.41) is 5.38. The van der Waals surface area contributed by atoms with Crippen molar-refractivity contribution in [3.05, 3.63) is 100 Å². The number of rotatable bonds is 1. The van der Waals surface area contributed by atoms with Crippen LogP contribution < -0.4 is 10.9 Å². The molecule has 0 saturated heterocycles. The van der Waals surface area contributed by atoms with Gasteiger partial charge < -0.3 is 9.55 Å². The first-order valence-electron chi connectivity index (χ1n) is 19.0. The van der Waals surface area contributed by atoms with Crippen LogP contribution in [0.1, 0.15) is 116 Å². The second-order valence-electron chi connectivity index (χ2n) is 19.8. The molecular weight excluding hydrogens is 615 g/mol. The number of aromatic amines is 1. The molecule has 0 atom stereocenters. The van der Waals surface area contributed by atoms with Gasteiger partial charge in [-0.3, -0.25) is 0 Å². The van der Waals surface area contributed by atoms with Crippen LogP contribution in [0.5, 0.6) is 0 Å². The molecule has 3 heterocycles. The largest absolute Gasteiger partial charge is 0.354 e. The summed E-state index contributed by atoms with van der Waals surface area (Å²) in [5.74, 6) is 0. The highest BCUT2D eigenvalue weighted by Crippen LogP contribution is 2.43. The van der Waals surface area contributed by atoms with Crippen molar-refractivity contribution in [1.29, 1.82) is 0 Å². The van der Waals surface area contributed by atoms with Gasteiger partial charge in [0.2, 0.25) is 0 Å². The van der Waals surface area contributed by atoms with E-state index in [9.17, 15) is 0 Å². The maximum absolute atomic E-state index is 3.96. The number of nitrogens with zero attached hydrogens (tertiary/aromatic N) is 1. The van der Waals surface area contributed by atoms with Gasteiger partial charge in [-0.2, -0.15) is 0 Å². The van der Waals surface area contributed by atoms with Crippen molar-refractivity contribution < 1.29 is 0 Å². The van der Waals surface area contributed by atoms with Gasteiger partial charge in [0.1, 0.15) is 0 Å². The zero-order chi connectivity index (χ0) is 36.7. The van der Waals surface area contributed by atoms with Crippen LogP contribution in [0.25, 0.3) is 60.4 Å². The Morgan fingerprint density at radius 1 is 0.529 bits per heavy atom. The molecule has 0 unspecified atom stereocenters. The summed E-state index contributed by atoms with van der Waals surface area (Å²) >= 11 is 0. The van der Waals surface area contributed by atoms with E-state index < -0.39 is 0 Å². The van der Waals surface area contributed by atoms with Crippen molar-refractivity contribution >= 4 is 61.8 Å². The molecule has 0 spiro atoms. The zero-order valence-electron chi connectivity index (χ0n) is 33.5. The normalized spacial score (nSPS) is 13.8. The van der Waals surface area contributed by atoms with Gasteiger partial charge in [-0.05, 0) is 122 Å². The average Bonchev–Trinajstić information content (AvgIpc) is 3.55. The number of fused-ring (bicyclic) bond motifs is 8. The summed E-state index contributed by atoms with van der Waals surface area (Å²) in [5.41, 5.74) is 20.4. The third-order valence-electron chi connectivity index (χ3n) is 11.8. The quantitative estimate of drug-likeness (QED) is 0.168. The Kier molecular flexibility index (Phi) is 7.08. The first-order chi connectivity index (χ1) is 23.6. The number of hydrogen-bond acceptors (Lipinski definition) is 0. The summed E-state index contributed by atoms with van der Waals surface area (Å²) in [6, 6.07) is 26.7. The van der Waals surface area contributed by atoms with E-state index in [0.29, 0.717) is 0 Å². The van der Waals surface area contributed by atoms with Gasteiger partial charge >= 0.3 is 0 Å². The lowest BCUT2D eigenvalue weighted by atomic mass is 9.57. The van der Waals surface area contributed by atoms with Gasteiger partial charge in [0.25, 0.3) is 0 Å². The monoisotopic (exact) mass is 670 g/mol. The molecule has 3 heteroatoms. The Balaban J connectivity index is 1.51. The van der Waals surface area contributed by atoms with Crippen LogP contribution in [0.4, 0.5) is 0 Å². The first kappa shape index (κ1) is 33.9. The summed E-state index contributed by atoms with van der Waals surface area (Å²) < 4.78 is 2.63. The van der Waals surface area contributed by atoms with E-state index in [-0.39, 0.29) is 21.7 Å². The molecule has 8 rings (SSSR count). The maximum Gasteiger partial charge on any atom is 0.198 e. The van der Waals surface area contributed by atoms with Gasteiger partial charge in [0, 0.05) is 43.8 Å². The van der Waals surface area contributed by atoms with Crippen LogP contribution in [0.15, 0.2) is 66.7 Å². The molecule has 0 saturated carbocycles. The second kappa shape index (κ2) is 10.7. The van der Waals surface area contributed by atoms with E-state index in [2.05, 4.69) is 173 Å². The van der Waals surface area contributed by atoms with Gasteiger partial charge in [-0.15, -0.1) is 0 Å². The van der Waals surface area contributed by atoms with E-state index in [0.717, 1.165) is 7.28 Å². The van der Waals surface area contributed by atoms with Crippen LogP contribution >= 0.6 is 0 Å². The van der Waals surface area contributed by atoms with Crippen LogP contribution in [0.2, 0.25) is 0 Å². The molecule has 5 aromatic carbocycles. The minimum Gasteiger partial charge on any atom is -0.354 e. The van der Waals surface area contributed by atoms with Crippen molar-refractivity contribution in [1.82, 2.24) is 9.55 Å². The lowest BCUT2D eigenvalue weighted by Gasteiger charge is -2.29. The number of benzene rings is 5. The smallest absolute Gasteiger partial charge is 0.198 e. The van der Waals surface area contributed by atoms with Crippen molar-refractivity contribution in [2.75, 3.05) is 0 Å². The van der Waals surface area contributed by atoms with E-state index in [1.807, 2.05) is 0 Å².